The number of carbonyl (C=O) groups excluding carboxylic acids is 2. The van der Waals surface area contributed by atoms with Crippen molar-refractivity contribution in [2.75, 3.05) is 16.8 Å². The molecule has 0 saturated heterocycles. The Labute approximate surface area is 127 Å². The second-order valence-corrected chi connectivity index (χ2v) is 4.94. The summed E-state index contributed by atoms with van der Waals surface area (Å²) < 4.78 is 5.54. The molecule has 1 aliphatic heterocycles. The Morgan fingerprint density at radius 2 is 2.14 bits per heavy atom. The summed E-state index contributed by atoms with van der Waals surface area (Å²) in [6.07, 6.45) is 2.57. The van der Waals surface area contributed by atoms with Gasteiger partial charge in [0, 0.05) is 6.20 Å². The monoisotopic (exact) mass is 297 g/mol. The molecule has 1 aromatic heterocycles. The minimum absolute atomic E-state index is 0.0710. The molecule has 2 amide bonds. The second-order valence-electron chi connectivity index (χ2n) is 4.94. The van der Waals surface area contributed by atoms with Gasteiger partial charge >= 0.3 is 0 Å². The number of ether oxygens (including phenoxy) is 1. The summed E-state index contributed by atoms with van der Waals surface area (Å²) in [6.45, 7) is 1.60. The van der Waals surface area contributed by atoms with Crippen LogP contribution in [0.15, 0.2) is 48.8 Å². The van der Waals surface area contributed by atoms with E-state index in [0.717, 1.165) is 0 Å². The van der Waals surface area contributed by atoms with E-state index in [4.69, 9.17) is 4.74 Å². The van der Waals surface area contributed by atoms with Crippen LogP contribution in [0.5, 0.6) is 5.75 Å². The van der Waals surface area contributed by atoms with Crippen LogP contribution in [-0.4, -0.2) is 29.4 Å². The van der Waals surface area contributed by atoms with Crippen molar-refractivity contribution in [3.05, 3.63) is 48.8 Å². The molecule has 2 aromatic rings. The Morgan fingerprint density at radius 1 is 1.32 bits per heavy atom. The molecule has 0 aliphatic carbocycles. The van der Waals surface area contributed by atoms with Crippen LogP contribution in [0.2, 0.25) is 0 Å². The Kier molecular flexibility index (Phi) is 3.74. The number of benzene rings is 1. The molecule has 0 radical (unpaired) electrons. The van der Waals surface area contributed by atoms with Crippen molar-refractivity contribution in [1.29, 1.82) is 0 Å². The summed E-state index contributed by atoms with van der Waals surface area (Å²) in [5, 5.41) is 2.72. The van der Waals surface area contributed by atoms with Crippen molar-refractivity contribution in [3.63, 3.8) is 0 Å². The minimum atomic E-state index is -0.610. The first-order valence-electron chi connectivity index (χ1n) is 6.92. The number of pyridine rings is 1. The van der Waals surface area contributed by atoms with Gasteiger partial charge in [-0.15, -0.1) is 0 Å². The van der Waals surface area contributed by atoms with Crippen LogP contribution in [0.4, 0.5) is 11.4 Å². The van der Waals surface area contributed by atoms with Gasteiger partial charge in [0.05, 0.1) is 17.6 Å². The first-order valence-corrected chi connectivity index (χ1v) is 6.92. The lowest BCUT2D eigenvalue weighted by molar-refractivity contribution is -0.127. The predicted octanol–water partition coefficient (Wildman–Crippen LogP) is 1.83. The average molecular weight is 297 g/mol. The molecular weight excluding hydrogens is 282 g/mol. The highest BCUT2D eigenvalue weighted by molar-refractivity contribution is 6.06. The second kappa shape index (κ2) is 5.85. The van der Waals surface area contributed by atoms with E-state index in [0.29, 0.717) is 17.1 Å². The number of hydrogen-bond donors (Lipinski definition) is 1. The van der Waals surface area contributed by atoms with Gasteiger partial charge in [0.1, 0.15) is 12.3 Å². The van der Waals surface area contributed by atoms with Crippen molar-refractivity contribution in [1.82, 2.24) is 4.98 Å². The standard InChI is InChI=1S/C16H15N3O3/c1-11-16(21)19(13-6-2-3-7-14(13)22-11)10-15(20)18-12-5-4-8-17-9-12/h2-9,11H,10H2,1H3,(H,18,20)/t11-/m0/s1. The van der Waals surface area contributed by atoms with Crippen molar-refractivity contribution in [2.24, 2.45) is 0 Å². The van der Waals surface area contributed by atoms with E-state index in [1.165, 1.54) is 4.90 Å². The van der Waals surface area contributed by atoms with E-state index in [-0.39, 0.29) is 18.4 Å². The Morgan fingerprint density at radius 3 is 2.91 bits per heavy atom. The highest BCUT2D eigenvalue weighted by atomic mass is 16.5. The largest absolute Gasteiger partial charge is 0.479 e. The third-order valence-corrected chi connectivity index (χ3v) is 3.32. The van der Waals surface area contributed by atoms with Gasteiger partial charge in [0.25, 0.3) is 5.91 Å². The molecule has 6 heteroatoms. The predicted molar refractivity (Wildman–Crippen MR) is 81.8 cm³/mol. The maximum Gasteiger partial charge on any atom is 0.268 e. The molecule has 1 aliphatic rings. The number of nitrogens with zero attached hydrogens (tertiary/aromatic N) is 2. The smallest absolute Gasteiger partial charge is 0.268 e. The van der Waals surface area contributed by atoms with Crippen LogP contribution in [0.25, 0.3) is 0 Å². The molecule has 0 unspecified atom stereocenters. The highest BCUT2D eigenvalue weighted by Crippen LogP contribution is 2.33. The van der Waals surface area contributed by atoms with Crippen molar-refractivity contribution in [3.8, 4) is 5.75 Å². The third-order valence-electron chi connectivity index (χ3n) is 3.32. The number of carbonyl (C=O) groups is 2. The van der Waals surface area contributed by atoms with Crippen molar-refractivity contribution < 1.29 is 14.3 Å². The van der Waals surface area contributed by atoms with Gasteiger partial charge in [-0.2, -0.15) is 0 Å². The fraction of sp³-hybridized carbons (Fsp3) is 0.188. The number of rotatable bonds is 3. The highest BCUT2D eigenvalue weighted by Gasteiger charge is 2.32. The van der Waals surface area contributed by atoms with Crippen LogP contribution >= 0.6 is 0 Å². The molecule has 1 aromatic carbocycles. The van der Waals surface area contributed by atoms with Crippen LogP contribution < -0.4 is 15.0 Å². The van der Waals surface area contributed by atoms with Crippen LogP contribution in [0, 0.1) is 0 Å². The zero-order valence-electron chi connectivity index (χ0n) is 12.0. The van der Waals surface area contributed by atoms with Crippen molar-refractivity contribution in [2.45, 2.75) is 13.0 Å². The summed E-state index contributed by atoms with van der Waals surface area (Å²) in [6, 6.07) is 10.6. The number of amides is 2. The number of aromatic nitrogens is 1. The summed E-state index contributed by atoms with van der Waals surface area (Å²) in [5.41, 5.74) is 1.20. The number of anilines is 2. The van der Waals surface area contributed by atoms with E-state index >= 15 is 0 Å². The molecular formula is C16H15N3O3. The van der Waals surface area contributed by atoms with Gasteiger partial charge in [-0.1, -0.05) is 12.1 Å². The maximum absolute atomic E-state index is 12.3. The Balaban J connectivity index is 1.79. The normalized spacial score (nSPS) is 16.7. The fourth-order valence-corrected chi connectivity index (χ4v) is 2.30. The summed E-state index contributed by atoms with van der Waals surface area (Å²) in [4.78, 5) is 29.8. The molecule has 6 nitrogen and oxygen atoms in total. The quantitative estimate of drug-likeness (QED) is 0.938. The number of hydrogen-bond acceptors (Lipinski definition) is 4. The third kappa shape index (κ3) is 2.76. The van der Waals surface area contributed by atoms with Gasteiger partial charge in [0.15, 0.2) is 6.10 Å². The SMILES string of the molecule is C[C@@H]1Oc2ccccc2N(CC(=O)Nc2cccnc2)C1=O. The van der Waals surface area contributed by atoms with E-state index < -0.39 is 6.10 Å². The van der Waals surface area contributed by atoms with Gasteiger partial charge in [0.2, 0.25) is 5.91 Å². The molecule has 22 heavy (non-hydrogen) atoms. The van der Waals surface area contributed by atoms with Crippen LogP contribution in [-0.2, 0) is 9.59 Å². The average Bonchev–Trinajstić information content (AvgIpc) is 2.53. The van der Waals surface area contributed by atoms with Crippen molar-refractivity contribution >= 4 is 23.2 Å². The Bertz CT molecular complexity index is 703. The molecule has 1 atom stereocenters. The molecule has 0 fully saturated rings. The number of para-hydroxylation sites is 2. The first-order chi connectivity index (χ1) is 10.6. The topological polar surface area (TPSA) is 71.5 Å². The summed E-state index contributed by atoms with van der Waals surface area (Å²) >= 11 is 0. The van der Waals surface area contributed by atoms with Gasteiger partial charge in [-0.3, -0.25) is 19.5 Å². The lowest BCUT2D eigenvalue weighted by Crippen LogP contribution is -2.47. The van der Waals surface area contributed by atoms with E-state index in [2.05, 4.69) is 10.3 Å². The summed E-state index contributed by atoms with van der Waals surface area (Å²) in [5.74, 6) is 0.0778. The van der Waals surface area contributed by atoms with E-state index in [1.54, 1.807) is 49.6 Å². The summed E-state index contributed by atoms with van der Waals surface area (Å²) in [7, 11) is 0. The first kappa shape index (κ1) is 14.1. The fourth-order valence-electron chi connectivity index (χ4n) is 2.30. The molecule has 2 heterocycles. The minimum Gasteiger partial charge on any atom is -0.479 e. The van der Waals surface area contributed by atoms with Crippen LogP contribution in [0.3, 0.4) is 0 Å². The lowest BCUT2D eigenvalue weighted by atomic mass is 10.2. The molecule has 0 bridgehead atoms. The molecule has 0 spiro atoms. The lowest BCUT2D eigenvalue weighted by Gasteiger charge is -2.32. The van der Waals surface area contributed by atoms with Gasteiger partial charge in [-0.05, 0) is 31.2 Å². The van der Waals surface area contributed by atoms with Gasteiger partial charge < -0.3 is 10.1 Å². The number of fused-ring (bicyclic) bond motifs is 1. The zero-order chi connectivity index (χ0) is 15.5. The maximum atomic E-state index is 12.3. The van der Waals surface area contributed by atoms with E-state index in [9.17, 15) is 9.59 Å². The number of nitrogens with one attached hydrogen (secondary N) is 1. The van der Waals surface area contributed by atoms with Crippen LogP contribution in [0.1, 0.15) is 6.92 Å². The van der Waals surface area contributed by atoms with E-state index in [1.807, 2.05) is 6.07 Å². The zero-order valence-corrected chi connectivity index (χ0v) is 12.0. The molecule has 3 rings (SSSR count). The van der Waals surface area contributed by atoms with Gasteiger partial charge in [-0.25, -0.2) is 0 Å². The molecule has 112 valence electrons. The Hall–Kier alpha value is -2.89. The molecule has 0 saturated carbocycles. The molecule has 1 N–H and O–H groups in total.